The summed E-state index contributed by atoms with van der Waals surface area (Å²) in [6.45, 7) is 5.12. The Kier molecular flexibility index (Phi) is 13.4. The molecule has 0 radical (unpaired) electrons. The Balaban J connectivity index is 1.59. The van der Waals surface area contributed by atoms with Crippen molar-refractivity contribution in [1.29, 1.82) is 0 Å². The maximum Gasteiger partial charge on any atom is 0.420 e. The molecule has 3 rings (SSSR count). The fraction of sp³-hybridized carbons (Fsp3) is 0.371. The average Bonchev–Trinajstić information content (AvgIpc) is 3.05. The van der Waals surface area contributed by atoms with Crippen LogP contribution in [-0.4, -0.2) is 68.4 Å². The van der Waals surface area contributed by atoms with Crippen LogP contribution < -0.4 is 10.2 Å². The van der Waals surface area contributed by atoms with Gasteiger partial charge in [0.2, 0.25) is 0 Å². The summed E-state index contributed by atoms with van der Waals surface area (Å²) in [7, 11) is 5.09. The van der Waals surface area contributed by atoms with Crippen molar-refractivity contribution in [2.75, 3.05) is 32.6 Å². The van der Waals surface area contributed by atoms with Gasteiger partial charge in [0, 0.05) is 31.9 Å². The van der Waals surface area contributed by atoms with E-state index in [0.717, 1.165) is 5.69 Å². The zero-order valence-electron chi connectivity index (χ0n) is 27.8. The molecule has 1 N–H and O–H groups in total. The summed E-state index contributed by atoms with van der Waals surface area (Å²) in [5.74, 6) is -1.10. The van der Waals surface area contributed by atoms with Crippen molar-refractivity contribution in [3.63, 3.8) is 0 Å². The van der Waals surface area contributed by atoms with E-state index in [1.807, 2.05) is 49.3 Å². The minimum absolute atomic E-state index is 0.0631. The van der Waals surface area contributed by atoms with Gasteiger partial charge in [-0.05, 0) is 88.1 Å². The predicted molar refractivity (Wildman–Crippen MR) is 178 cm³/mol. The zero-order chi connectivity index (χ0) is 34.4. The van der Waals surface area contributed by atoms with Gasteiger partial charge in [0.1, 0.15) is 18.2 Å². The van der Waals surface area contributed by atoms with E-state index >= 15 is 0 Å². The average molecular weight is 646 g/mol. The topological polar surface area (TPSA) is 139 Å². The SMILES string of the molecule is COC(=O)[C@H](CCCCNC(=O)c1cccc(N=Nc2ccc(N(C)C)cc2)c1)N(C(=O)OCc1ccccc1)C(=O)OC(C)(C)C. The Bertz CT molecular complexity index is 1520. The molecule has 0 fully saturated rings. The summed E-state index contributed by atoms with van der Waals surface area (Å²) in [5.41, 5.74) is 2.44. The molecule has 47 heavy (non-hydrogen) atoms. The lowest BCUT2D eigenvalue weighted by molar-refractivity contribution is -0.146. The van der Waals surface area contributed by atoms with Crippen molar-refractivity contribution in [2.24, 2.45) is 10.2 Å². The second-order valence-corrected chi connectivity index (χ2v) is 11.8. The van der Waals surface area contributed by atoms with Gasteiger partial charge in [-0.15, -0.1) is 0 Å². The third-order valence-corrected chi connectivity index (χ3v) is 6.72. The molecule has 0 saturated carbocycles. The molecule has 12 heteroatoms. The molecule has 0 aliphatic heterocycles. The van der Waals surface area contributed by atoms with Crippen LogP contribution in [0.3, 0.4) is 0 Å². The smallest absolute Gasteiger partial charge is 0.420 e. The van der Waals surface area contributed by atoms with Crippen LogP contribution in [0.2, 0.25) is 0 Å². The summed E-state index contributed by atoms with van der Waals surface area (Å²) in [5, 5.41) is 11.4. The fourth-order valence-electron chi connectivity index (χ4n) is 4.33. The van der Waals surface area contributed by atoms with Crippen LogP contribution in [0.1, 0.15) is 56.0 Å². The normalized spacial score (nSPS) is 11.8. The third kappa shape index (κ3) is 11.9. The Morgan fingerprint density at radius 3 is 2.15 bits per heavy atom. The number of imide groups is 1. The standard InChI is InChI=1S/C35H43N5O7/c1-35(2,3)47-34(44)40(33(43)46-24-25-13-8-7-9-14-25)30(32(42)45-6)17-10-11-22-36-31(41)26-15-12-16-28(23-26)38-37-27-18-20-29(21-19-27)39(4)5/h7-9,12-16,18-21,23,30H,10-11,17,22,24H2,1-6H3,(H,36,41)/t30-/m0/s1. The van der Waals surface area contributed by atoms with Gasteiger partial charge < -0.3 is 24.4 Å². The van der Waals surface area contributed by atoms with E-state index in [-0.39, 0.29) is 25.5 Å². The van der Waals surface area contributed by atoms with Crippen LogP contribution in [0.4, 0.5) is 26.7 Å². The largest absolute Gasteiger partial charge is 0.467 e. The maximum absolute atomic E-state index is 13.2. The van der Waals surface area contributed by atoms with Crippen molar-refractivity contribution in [3.05, 3.63) is 90.0 Å². The summed E-state index contributed by atoms with van der Waals surface area (Å²) in [6.07, 6.45) is -1.18. The molecule has 3 aromatic rings. The highest BCUT2D eigenvalue weighted by atomic mass is 16.6. The van der Waals surface area contributed by atoms with Crippen LogP contribution >= 0.6 is 0 Å². The van der Waals surface area contributed by atoms with Crippen LogP contribution in [0.5, 0.6) is 0 Å². The molecule has 0 aliphatic carbocycles. The number of amides is 3. The zero-order valence-corrected chi connectivity index (χ0v) is 27.8. The molecule has 12 nitrogen and oxygen atoms in total. The van der Waals surface area contributed by atoms with E-state index in [9.17, 15) is 19.2 Å². The maximum atomic E-state index is 13.2. The molecular weight excluding hydrogens is 602 g/mol. The first-order valence-electron chi connectivity index (χ1n) is 15.3. The van der Waals surface area contributed by atoms with Gasteiger partial charge in [-0.1, -0.05) is 36.4 Å². The minimum Gasteiger partial charge on any atom is -0.467 e. The molecule has 0 saturated heterocycles. The number of nitrogens with one attached hydrogen (secondary N) is 1. The number of nitrogens with zero attached hydrogens (tertiary/aromatic N) is 4. The van der Waals surface area contributed by atoms with E-state index < -0.39 is 29.8 Å². The first kappa shape index (κ1) is 36.2. The number of methoxy groups -OCH3 is 1. The molecule has 3 aromatic carbocycles. The van der Waals surface area contributed by atoms with Gasteiger partial charge >= 0.3 is 18.2 Å². The number of unbranched alkanes of at least 4 members (excludes halogenated alkanes) is 1. The molecule has 0 spiro atoms. The van der Waals surface area contributed by atoms with Crippen molar-refractivity contribution in [3.8, 4) is 0 Å². The number of hydrogen-bond donors (Lipinski definition) is 1. The van der Waals surface area contributed by atoms with Crippen LogP contribution in [0.25, 0.3) is 0 Å². The number of azo groups is 1. The number of benzene rings is 3. The van der Waals surface area contributed by atoms with Gasteiger partial charge in [-0.25, -0.2) is 14.4 Å². The Morgan fingerprint density at radius 2 is 1.51 bits per heavy atom. The molecule has 0 unspecified atom stereocenters. The summed E-state index contributed by atoms with van der Waals surface area (Å²) in [6, 6.07) is 22.0. The number of carbonyl (C=O) groups is 4. The summed E-state index contributed by atoms with van der Waals surface area (Å²) >= 11 is 0. The van der Waals surface area contributed by atoms with Gasteiger partial charge in [-0.3, -0.25) is 4.79 Å². The molecule has 250 valence electrons. The van der Waals surface area contributed by atoms with Gasteiger partial charge in [-0.2, -0.15) is 15.1 Å². The Morgan fingerprint density at radius 1 is 0.830 bits per heavy atom. The van der Waals surface area contributed by atoms with Crippen molar-refractivity contribution in [1.82, 2.24) is 10.2 Å². The van der Waals surface area contributed by atoms with E-state index in [1.54, 1.807) is 69.3 Å². The first-order valence-corrected chi connectivity index (χ1v) is 15.3. The number of carbonyl (C=O) groups excluding carboxylic acids is 4. The van der Waals surface area contributed by atoms with Crippen molar-refractivity contribution < 1.29 is 33.4 Å². The monoisotopic (exact) mass is 645 g/mol. The van der Waals surface area contributed by atoms with Crippen LogP contribution in [0, 0.1) is 0 Å². The van der Waals surface area contributed by atoms with Crippen LogP contribution in [-0.2, 0) is 25.6 Å². The van der Waals surface area contributed by atoms with Crippen molar-refractivity contribution in [2.45, 2.75) is 58.3 Å². The van der Waals surface area contributed by atoms with E-state index in [2.05, 4.69) is 15.5 Å². The highest BCUT2D eigenvalue weighted by Gasteiger charge is 2.39. The van der Waals surface area contributed by atoms with E-state index in [4.69, 9.17) is 14.2 Å². The summed E-state index contributed by atoms with van der Waals surface area (Å²) < 4.78 is 15.7. The Hall–Kier alpha value is -5.26. The van der Waals surface area contributed by atoms with E-state index in [0.29, 0.717) is 40.2 Å². The van der Waals surface area contributed by atoms with Crippen LogP contribution in [0.15, 0.2) is 89.1 Å². The number of ether oxygens (including phenoxy) is 3. The number of rotatable bonds is 13. The Labute approximate surface area is 275 Å². The van der Waals surface area contributed by atoms with Gasteiger partial charge in [0.15, 0.2) is 0 Å². The number of hydrogen-bond acceptors (Lipinski definition) is 10. The van der Waals surface area contributed by atoms with E-state index in [1.165, 1.54) is 7.11 Å². The van der Waals surface area contributed by atoms with Gasteiger partial charge in [0.05, 0.1) is 18.5 Å². The lowest BCUT2D eigenvalue weighted by atomic mass is 10.1. The number of esters is 1. The van der Waals surface area contributed by atoms with Crippen molar-refractivity contribution >= 4 is 41.1 Å². The lowest BCUT2D eigenvalue weighted by Crippen LogP contribution is -2.51. The summed E-state index contributed by atoms with van der Waals surface area (Å²) in [4.78, 5) is 54.6. The highest BCUT2D eigenvalue weighted by Crippen LogP contribution is 2.22. The molecule has 0 aromatic heterocycles. The highest BCUT2D eigenvalue weighted by molar-refractivity contribution is 5.95. The third-order valence-electron chi connectivity index (χ3n) is 6.72. The molecule has 0 heterocycles. The number of anilines is 1. The second-order valence-electron chi connectivity index (χ2n) is 11.8. The molecule has 1 atom stereocenters. The fourth-order valence-corrected chi connectivity index (χ4v) is 4.33. The molecule has 0 bridgehead atoms. The van der Waals surface area contributed by atoms with Gasteiger partial charge in [0.25, 0.3) is 5.91 Å². The molecule has 0 aliphatic rings. The second kappa shape index (κ2) is 17.4. The lowest BCUT2D eigenvalue weighted by Gasteiger charge is -2.30. The molecular formula is C35H43N5O7. The predicted octanol–water partition coefficient (Wildman–Crippen LogP) is 7.18. The minimum atomic E-state index is -1.30. The first-order chi connectivity index (χ1) is 22.4. The quantitative estimate of drug-likeness (QED) is 0.0892. The molecule has 3 amide bonds.